The molecule has 4 heteroatoms. The van der Waals surface area contributed by atoms with Crippen LogP contribution in [-0.2, 0) is 6.54 Å². The van der Waals surface area contributed by atoms with E-state index in [4.69, 9.17) is 10.2 Å². The van der Waals surface area contributed by atoms with Gasteiger partial charge in [-0.25, -0.2) is 0 Å². The Bertz CT molecular complexity index is 386. The topological polar surface area (TPSA) is 64.9 Å². The Morgan fingerprint density at radius 1 is 1.20 bits per heavy atom. The molecular weight excluding hydrogens is 190 g/mol. The van der Waals surface area contributed by atoms with Gasteiger partial charge in [-0.2, -0.15) is 0 Å². The van der Waals surface area contributed by atoms with E-state index < -0.39 is 0 Å². The van der Waals surface area contributed by atoms with Gasteiger partial charge in [-0.05, 0) is 42.9 Å². The number of aromatic nitrogens is 2. The summed E-state index contributed by atoms with van der Waals surface area (Å²) in [5.41, 5.74) is 5.47. The highest BCUT2D eigenvalue weighted by molar-refractivity contribution is 5.22. The van der Waals surface area contributed by atoms with Crippen LogP contribution < -0.4 is 5.73 Å². The summed E-state index contributed by atoms with van der Waals surface area (Å²) in [6, 6.07) is 0. The highest BCUT2D eigenvalue weighted by Crippen LogP contribution is 2.72. The molecule has 4 rings (SSSR count). The second-order valence-corrected chi connectivity index (χ2v) is 5.25. The molecule has 2 bridgehead atoms. The largest absolute Gasteiger partial charge is 0.424 e. The second-order valence-electron chi connectivity index (χ2n) is 5.25. The Balaban J connectivity index is 1.61. The van der Waals surface area contributed by atoms with E-state index in [-0.39, 0.29) is 0 Å². The number of rotatable bonds is 2. The molecule has 4 nitrogen and oxygen atoms in total. The maximum Gasteiger partial charge on any atom is 0.230 e. The van der Waals surface area contributed by atoms with E-state index in [0.29, 0.717) is 18.4 Å². The minimum Gasteiger partial charge on any atom is -0.424 e. The first-order valence-electron chi connectivity index (χ1n) is 5.91. The van der Waals surface area contributed by atoms with Gasteiger partial charge in [0.1, 0.15) is 0 Å². The maximum absolute atomic E-state index is 5.57. The quantitative estimate of drug-likeness (QED) is 0.790. The minimum atomic E-state index is 0.363. The number of nitrogens with two attached hydrogens (primary N) is 1. The molecule has 0 radical (unpaired) electrons. The monoisotopic (exact) mass is 205 g/mol. The first kappa shape index (κ1) is 8.28. The third kappa shape index (κ3) is 0.956. The fourth-order valence-electron chi connectivity index (χ4n) is 4.14. The lowest BCUT2D eigenvalue weighted by atomic mass is 10.0. The van der Waals surface area contributed by atoms with Gasteiger partial charge in [0.25, 0.3) is 0 Å². The van der Waals surface area contributed by atoms with Gasteiger partial charge >= 0.3 is 0 Å². The molecule has 1 aromatic rings. The van der Waals surface area contributed by atoms with Crippen molar-refractivity contribution in [3.63, 3.8) is 0 Å². The van der Waals surface area contributed by atoms with E-state index >= 15 is 0 Å². The van der Waals surface area contributed by atoms with Gasteiger partial charge in [-0.15, -0.1) is 10.2 Å². The van der Waals surface area contributed by atoms with E-state index in [9.17, 15) is 0 Å². The summed E-state index contributed by atoms with van der Waals surface area (Å²) in [6.45, 7) is 0.363. The van der Waals surface area contributed by atoms with Crippen molar-refractivity contribution in [3.05, 3.63) is 11.8 Å². The average Bonchev–Trinajstić information content (AvgIpc) is 2.72. The zero-order chi connectivity index (χ0) is 9.99. The molecule has 0 saturated heterocycles. The van der Waals surface area contributed by atoms with Crippen molar-refractivity contribution in [2.75, 3.05) is 0 Å². The molecular formula is C11H15N3O. The predicted molar refractivity (Wildman–Crippen MR) is 52.7 cm³/mol. The van der Waals surface area contributed by atoms with Crippen molar-refractivity contribution >= 4 is 0 Å². The molecule has 4 atom stereocenters. The summed E-state index contributed by atoms with van der Waals surface area (Å²) in [6.07, 6.45) is 4.32. The molecule has 3 aliphatic rings. The molecule has 3 fully saturated rings. The van der Waals surface area contributed by atoms with E-state index in [1.165, 1.54) is 19.3 Å². The van der Waals surface area contributed by atoms with Crippen LogP contribution in [0, 0.1) is 23.7 Å². The number of nitrogens with zero attached hydrogens (tertiary/aromatic N) is 2. The van der Waals surface area contributed by atoms with Crippen molar-refractivity contribution in [1.82, 2.24) is 10.2 Å². The molecule has 0 amide bonds. The van der Waals surface area contributed by atoms with Crippen LogP contribution in [0.5, 0.6) is 0 Å². The molecule has 3 saturated carbocycles. The standard InChI is InChI=1S/C11H15N3O/c12-4-7-13-14-11(15-7)10-8-5-1-2-6(3-5)9(8)10/h5-6,8-10H,1-4,12H2. The third-order valence-corrected chi connectivity index (χ3v) is 4.68. The molecule has 4 unspecified atom stereocenters. The Morgan fingerprint density at radius 2 is 1.93 bits per heavy atom. The van der Waals surface area contributed by atoms with Crippen LogP contribution in [0.15, 0.2) is 4.42 Å². The maximum atomic E-state index is 5.57. The van der Waals surface area contributed by atoms with Crippen molar-refractivity contribution in [3.8, 4) is 0 Å². The van der Waals surface area contributed by atoms with Crippen LogP contribution in [0.4, 0.5) is 0 Å². The lowest BCUT2D eigenvalue weighted by Crippen LogP contribution is -1.97. The van der Waals surface area contributed by atoms with E-state index in [1.807, 2.05) is 0 Å². The Morgan fingerprint density at radius 3 is 2.53 bits per heavy atom. The van der Waals surface area contributed by atoms with E-state index in [2.05, 4.69) is 10.2 Å². The summed E-state index contributed by atoms with van der Waals surface area (Å²) in [7, 11) is 0. The molecule has 0 aromatic carbocycles. The number of hydrogen-bond donors (Lipinski definition) is 1. The summed E-state index contributed by atoms with van der Waals surface area (Å²) >= 11 is 0. The molecule has 0 spiro atoms. The number of fused-ring (bicyclic) bond motifs is 5. The summed E-state index contributed by atoms with van der Waals surface area (Å²) in [4.78, 5) is 0. The van der Waals surface area contributed by atoms with Crippen molar-refractivity contribution in [1.29, 1.82) is 0 Å². The lowest BCUT2D eigenvalue weighted by molar-refractivity contribution is 0.410. The van der Waals surface area contributed by atoms with E-state index in [0.717, 1.165) is 29.6 Å². The van der Waals surface area contributed by atoms with Crippen LogP contribution in [0.3, 0.4) is 0 Å². The van der Waals surface area contributed by atoms with Gasteiger partial charge in [-0.1, -0.05) is 0 Å². The Hall–Kier alpha value is -0.900. The van der Waals surface area contributed by atoms with Crippen LogP contribution in [0.2, 0.25) is 0 Å². The zero-order valence-electron chi connectivity index (χ0n) is 8.60. The molecule has 2 N–H and O–H groups in total. The van der Waals surface area contributed by atoms with Crippen LogP contribution in [0.25, 0.3) is 0 Å². The molecule has 1 aromatic heterocycles. The SMILES string of the molecule is NCc1nnc(C2C3C4CCC(C4)C23)o1. The fraction of sp³-hybridized carbons (Fsp3) is 0.818. The molecule has 80 valence electrons. The van der Waals surface area contributed by atoms with E-state index in [1.54, 1.807) is 0 Å². The molecule has 1 heterocycles. The molecule has 0 aliphatic heterocycles. The van der Waals surface area contributed by atoms with Crippen LogP contribution in [0.1, 0.15) is 37.0 Å². The third-order valence-electron chi connectivity index (χ3n) is 4.68. The van der Waals surface area contributed by atoms with Crippen molar-refractivity contribution in [2.45, 2.75) is 31.7 Å². The zero-order valence-corrected chi connectivity index (χ0v) is 8.60. The summed E-state index contributed by atoms with van der Waals surface area (Å²) in [5, 5.41) is 8.08. The predicted octanol–water partition coefficient (Wildman–Crippen LogP) is 1.29. The highest BCUT2D eigenvalue weighted by atomic mass is 16.4. The van der Waals surface area contributed by atoms with Gasteiger partial charge < -0.3 is 10.2 Å². The van der Waals surface area contributed by atoms with Gasteiger partial charge in [0, 0.05) is 5.92 Å². The van der Waals surface area contributed by atoms with Gasteiger partial charge in [0.2, 0.25) is 11.8 Å². The Labute approximate surface area is 88.2 Å². The molecule has 15 heavy (non-hydrogen) atoms. The average molecular weight is 205 g/mol. The lowest BCUT2D eigenvalue weighted by Gasteiger charge is -2.04. The van der Waals surface area contributed by atoms with Crippen molar-refractivity contribution < 1.29 is 4.42 Å². The summed E-state index contributed by atoms with van der Waals surface area (Å²) in [5.74, 6) is 5.69. The van der Waals surface area contributed by atoms with Crippen molar-refractivity contribution in [2.24, 2.45) is 29.4 Å². The highest BCUT2D eigenvalue weighted by Gasteiger charge is 2.67. The summed E-state index contributed by atoms with van der Waals surface area (Å²) < 4.78 is 5.57. The molecule has 3 aliphatic carbocycles. The van der Waals surface area contributed by atoms with Gasteiger partial charge in [0.15, 0.2) is 0 Å². The fourth-order valence-corrected chi connectivity index (χ4v) is 4.14. The normalized spacial score (nSPS) is 45.8. The number of hydrogen-bond acceptors (Lipinski definition) is 4. The first-order valence-corrected chi connectivity index (χ1v) is 5.91. The van der Waals surface area contributed by atoms with Gasteiger partial charge in [-0.3, -0.25) is 0 Å². The van der Waals surface area contributed by atoms with Crippen LogP contribution >= 0.6 is 0 Å². The van der Waals surface area contributed by atoms with Gasteiger partial charge in [0.05, 0.1) is 6.54 Å². The minimum absolute atomic E-state index is 0.363. The smallest absolute Gasteiger partial charge is 0.230 e. The first-order chi connectivity index (χ1) is 7.38. The Kier molecular flexibility index (Phi) is 1.44. The second kappa shape index (κ2) is 2.61. The van der Waals surface area contributed by atoms with Crippen LogP contribution in [-0.4, -0.2) is 10.2 Å².